The third kappa shape index (κ3) is 2.68. The molecule has 1 unspecified atom stereocenters. The van der Waals surface area contributed by atoms with Crippen LogP contribution in [0.1, 0.15) is 37.3 Å². The van der Waals surface area contributed by atoms with Gasteiger partial charge in [-0.3, -0.25) is 4.79 Å². The summed E-state index contributed by atoms with van der Waals surface area (Å²) < 4.78 is 6.65. The minimum Gasteiger partial charge on any atom is -0.461 e. The maximum absolute atomic E-state index is 11.6. The van der Waals surface area contributed by atoms with Gasteiger partial charge >= 0.3 is 5.97 Å². The van der Waals surface area contributed by atoms with Crippen molar-refractivity contribution in [3.8, 4) is 0 Å². The van der Waals surface area contributed by atoms with Crippen molar-refractivity contribution in [3.05, 3.63) is 24.0 Å². The molecule has 0 aromatic carbocycles. The average Bonchev–Trinajstić information content (AvgIpc) is 2.62. The predicted molar refractivity (Wildman–Crippen MR) is 55.8 cm³/mol. The molecule has 0 N–H and O–H groups in total. The Bertz CT molecular complexity index is 354. The summed E-state index contributed by atoms with van der Waals surface area (Å²) in [5, 5.41) is 0. The summed E-state index contributed by atoms with van der Waals surface area (Å²) in [5.74, 6) is -0.329. The fourth-order valence-corrected chi connectivity index (χ4v) is 1.30. The maximum Gasteiger partial charge on any atom is 0.329 e. The number of aromatic nitrogens is 1. The molecular formula is C11H15NO3. The van der Waals surface area contributed by atoms with Gasteiger partial charge in [-0.05, 0) is 32.9 Å². The van der Waals surface area contributed by atoms with Gasteiger partial charge in [0.2, 0.25) is 0 Å². The molecule has 1 aromatic heterocycles. The molecule has 0 amide bonds. The lowest BCUT2D eigenvalue weighted by Gasteiger charge is -2.16. The second-order valence-electron chi connectivity index (χ2n) is 3.62. The largest absolute Gasteiger partial charge is 0.461 e. The van der Waals surface area contributed by atoms with E-state index < -0.39 is 6.04 Å². The fourth-order valence-electron chi connectivity index (χ4n) is 1.30. The van der Waals surface area contributed by atoms with Crippen LogP contribution in [0.25, 0.3) is 0 Å². The first-order chi connectivity index (χ1) is 7.06. The fraction of sp³-hybridized carbons (Fsp3) is 0.455. The maximum atomic E-state index is 11.6. The van der Waals surface area contributed by atoms with Crippen LogP contribution in [0.4, 0.5) is 0 Å². The first-order valence-electron chi connectivity index (χ1n) is 4.88. The van der Waals surface area contributed by atoms with Gasteiger partial charge < -0.3 is 9.30 Å². The first kappa shape index (κ1) is 11.5. The van der Waals surface area contributed by atoms with E-state index in [-0.39, 0.29) is 12.1 Å². The number of aldehydes is 1. The van der Waals surface area contributed by atoms with E-state index in [1.165, 1.54) is 0 Å². The van der Waals surface area contributed by atoms with E-state index in [1.807, 2.05) is 0 Å². The highest BCUT2D eigenvalue weighted by Gasteiger charge is 2.18. The van der Waals surface area contributed by atoms with E-state index >= 15 is 0 Å². The topological polar surface area (TPSA) is 48.3 Å². The van der Waals surface area contributed by atoms with E-state index in [0.29, 0.717) is 5.69 Å². The summed E-state index contributed by atoms with van der Waals surface area (Å²) in [4.78, 5) is 22.2. The van der Waals surface area contributed by atoms with Crippen molar-refractivity contribution in [1.82, 2.24) is 4.57 Å². The minimum atomic E-state index is -0.470. The zero-order valence-corrected chi connectivity index (χ0v) is 9.14. The van der Waals surface area contributed by atoms with Crippen LogP contribution in [-0.2, 0) is 9.53 Å². The molecular weight excluding hydrogens is 194 g/mol. The summed E-state index contributed by atoms with van der Waals surface area (Å²) in [7, 11) is 0. The lowest BCUT2D eigenvalue weighted by molar-refractivity contribution is -0.150. The van der Waals surface area contributed by atoms with Crippen molar-refractivity contribution >= 4 is 12.3 Å². The Labute approximate surface area is 88.8 Å². The summed E-state index contributed by atoms with van der Waals surface area (Å²) in [6, 6.07) is 2.91. The van der Waals surface area contributed by atoms with Crippen molar-refractivity contribution in [2.24, 2.45) is 0 Å². The number of hydrogen-bond donors (Lipinski definition) is 0. The van der Waals surface area contributed by atoms with Gasteiger partial charge in [0.1, 0.15) is 6.04 Å². The van der Waals surface area contributed by atoms with Gasteiger partial charge in [0, 0.05) is 6.20 Å². The molecule has 0 aliphatic carbocycles. The molecule has 1 heterocycles. The lowest BCUT2D eigenvalue weighted by Crippen LogP contribution is -2.22. The number of esters is 1. The Balaban J connectivity index is 2.80. The highest BCUT2D eigenvalue weighted by Crippen LogP contribution is 2.12. The Kier molecular flexibility index (Phi) is 3.66. The van der Waals surface area contributed by atoms with Gasteiger partial charge in [-0.15, -0.1) is 0 Å². The summed E-state index contributed by atoms with van der Waals surface area (Å²) in [6.45, 7) is 5.29. The Morgan fingerprint density at radius 2 is 2.13 bits per heavy atom. The van der Waals surface area contributed by atoms with Crippen LogP contribution in [0.2, 0.25) is 0 Å². The minimum absolute atomic E-state index is 0.143. The highest BCUT2D eigenvalue weighted by atomic mass is 16.5. The second kappa shape index (κ2) is 4.77. The Hall–Kier alpha value is -1.58. The molecule has 0 spiro atoms. The monoisotopic (exact) mass is 209 g/mol. The number of ether oxygens (including phenoxy) is 1. The van der Waals surface area contributed by atoms with Gasteiger partial charge in [0.15, 0.2) is 6.29 Å². The smallest absolute Gasteiger partial charge is 0.329 e. The molecule has 4 heteroatoms. The van der Waals surface area contributed by atoms with Crippen molar-refractivity contribution in [2.75, 3.05) is 0 Å². The SMILES string of the molecule is CC(C)OC(=O)C(C)n1cccc1C=O. The molecule has 0 saturated carbocycles. The molecule has 4 nitrogen and oxygen atoms in total. The van der Waals surface area contributed by atoms with Crippen LogP contribution < -0.4 is 0 Å². The number of carbonyl (C=O) groups is 2. The van der Waals surface area contributed by atoms with E-state index in [2.05, 4.69) is 0 Å². The van der Waals surface area contributed by atoms with E-state index in [4.69, 9.17) is 4.74 Å². The summed E-state index contributed by atoms with van der Waals surface area (Å²) in [5.41, 5.74) is 0.475. The lowest BCUT2D eigenvalue weighted by atomic mass is 10.3. The van der Waals surface area contributed by atoms with Crippen LogP contribution in [0.5, 0.6) is 0 Å². The summed E-state index contributed by atoms with van der Waals surface area (Å²) >= 11 is 0. The van der Waals surface area contributed by atoms with Crippen LogP contribution in [0, 0.1) is 0 Å². The number of rotatable bonds is 4. The second-order valence-corrected chi connectivity index (χ2v) is 3.62. The number of hydrogen-bond acceptors (Lipinski definition) is 3. The molecule has 15 heavy (non-hydrogen) atoms. The van der Waals surface area contributed by atoms with E-state index in [1.54, 1.807) is 43.7 Å². The van der Waals surface area contributed by atoms with Crippen molar-refractivity contribution in [2.45, 2.75) is 32.9 Å². The number of nitrogens with zero attached hydrogens (tertiary/aromatic N) is 1. The van der Waals surface area contributed by atoms with Crippen molar-refractivity contribution < 1.29 is 14.3 Å². The quantitative estimate of drug-likeness (QED) is 0.561. The van der Waals surface area contributed by atoms with Gasteiger partial charge in [0.25, 0.3) is 0 Å². The van der Waals surface area contributed by atoms with Gasteiger partial charge in [-0.1, -0.05) is 0 Å². The molecule has 0 aliphatic rings. The number of carbonyl (C=O) groups excluding carboxylic acids is 2. The van der Waals surface area contributed by atoms with Gasteiger partial charge in [-0.2, -0.15) is 0 Å². The van der Waals surface area contributed by atoms with Crippen LogP contribution in [0.3, 0.4) is 0 Å². The van der Waals surface area contributed by atoms with Gasteiger partial charge in [0.05, 0.1) is 11.8 Å². The Morgan fingerprint density at radius 1 is 1.47 bits per heavy atom. The van der Waals surface area contributed by atoms with Crippen LogP contribution >= 0.6 is 0 Å². The zero-order chi connectivity index (χ0) is 11.4. The van der Waals surface area contributed by atoms with E-state index in [0.717, 1.165) is 6.29 Å². The predicted octanol–water partition coefficient (Wildman–Crippen LogP) is 1.81. The van der Waals surface area contributed by atoms with Gasteiger partial charge in [-0.25, -0.2) is 4.79 Å². The molecule has 0 fully saturated rings. The van der Waals surface area contributed by atoms with E-state index in [9.17, 15) is 9.59 Å². The molecule has 0 saturated heterocycles. The first-order valence-corrected chi connectivity index (χ1v) is 4.88. The zero-order valence-electron chi connectivity index (χ0n) is 9.14. The molecule has 82 valence electrons. The standard InChI is InChI=1S/C11H15NO3/c1-8(2)15-11(14)9(3)12-6-4-5-10(12)7-13/h4-9H,1-3H3. The Morgan fingerprint density at radius 3 is 2.67 bits per heavy atom. The normalized spacial score (nSPS) is 12.5. The molecule has 1 atom stereocenters. The third-order valence-corrected chi connectivity index (χ3v) is 2.04. The molecule has 1 rings (SSSR count). The average molecular weight is 209 g/mol. The molecule has 1 aromatic rings. The van der Waals surface area contributed by atoms with Crippen molar-refractivity contribution in [1.29, 1.82) is 0 Å². The van der Waals surface area contributed by atoms with Crippen molar-refractivity contribution in [3.63, 3.8) is 0 Å². The third-order valence-electron chi connectivity index (χ3n) is 2.04. The molecule has 0 radical (unpaired) electrons. The van der Waals surface area contributed by atoms with Crippen LogP contribution in [-0.4, -0.2) is 22.9 Å². The summed E-state index contributed by atoms with van der Waals surface area (Å²) in [6.07, 6.45) is 2.27. The van der Waals surface area contributed by atoms with Crippen LogP contribution in [0.15, 0.2) is 18.3 Å². The molecule has 0 aliphatic heterocycles. The highest BCUT2D eigenvalue weighted by molar-refractivity contribution is 5.77. The molecule has 0 bridgehead atoms.